The van der Waals surface area contributed by atoms with Crippen LogP contribution in [0.5, 0.6) is 0 Å². The molecular formula is C21H20N4O2. The first-order chi connectivity index (χ1) is 13.1. The van der Waals surface area contributed by atoms with Gasteiger partial charge < -0.3 is 9.88 Å². The summed E-state index contributed by atoms with van der Waals surface area (Å²) in [5.41, 5.74) is 2.59. The van der Waals surface area contributed by atoms with Gasteiger partial charge in [0.2, 0.25) is 0 Å². The van der Waals surface area contributed by atoms with Gasteiger partial charge >= 0.3 is 0 Å². The summed E-state index contributed by atoms with van der Waals surface area (Å²) in [5.74, 6) is -0.197. The van der Waals surface area contributed by atoms with Gasteiger partial charge in [0.15, 0.2) is 0 Å². The van der Waals surface area contributed by atoms with Crippen molar-refractivity contribution in [2.75, 3.05) is 6.54 Å². The molecule has 1 amide bonds. The molecule has 4 aromatic rings. The molecule has 6 nitrogen and oxygen atoms in total. The van der Waals surface area contributed by atoms with Crippen LogP contribution in [0.15, 0.2) is 65.6 Å². The zero-order valence-electron chi connectivity index (χ0n) is 15.1. The van der Waals surface area contributed by atoms with Crippen LogP contribution in [0.25, 0.3) is 16.7 Å². The summed E-state index contributed by atoms with van der Waals surface area (Å²) in [5, 5.41) is 3.38. The third-order valence-electron chi connectivity index (χ3n) is 4.71. The molecule has 0 saturated heterocycles. The second-order valence-corrected chi connectivity index (χ2v) is 6.52. The van der Waals surface area contributed by atoms with Crippen LogP contribution in [-0.2, 0) is 13.5 Å². The first-order valence-electron chi connectivity index (χ1n) is 8.94. The lowest BCUT2D eigenvalue weighted by Gasteiger charge is -2.06. The Bertz CT molecular complexity index is 1180. The smallest absolute Gasteiger partial charge is 0.267 e. The lowest BCUT2D eigenvalue weighted by atomic mass is 10.1. The van der Waals surface area contributed by atoms with Crippen molar-refractivity contribution in [3.8, 4) is 0 Å². The Labute approximate surface area is 156 Å². The molecule has 1 N–H and O–H groups in total. The molecule has 4 rings (SSSR count). The van der Waals surface area contributed by atoms with Crippen LogP contribution in [0.1, 0.15) is 22.5 Å². The highest BCUT2D eigenvalue weighted by atomic mass is 16.2. The van der Waals surface area contributed by atoms with Gasteiger partial charge in [-0.2, -0.15) is 0 Å². The van der Waals surface area contributed by atoms with Gasteiger partial charge in [0.25, 0.3) is 11.5 Å². The van der Waals surface area contributed by atoms with E-state index in [2.05, 4.69) is 22.4 Å². The van der Waals surface area contributed by atoms with Crippen LogP contribution < -0.4 is 10.9 Å². The van der Waals surface area contributed by atoms with E-state index in [-0.39, 0.29) is 11.5 Å². The van der Waals surface area contributed by atoms with Gasteiger partial charge in [0, 0.05) is 19.8 Å². The third-order valence-corrected chi connectivity index (χ3v) is 4.71. The van der Waals surface area contributed by atoms with Gasteiger partial charge in [-0.15, -0.1) is 0 Å². The fourth-order valence-corrected chi connectivity index (χ4v) is 3.27. The lowest BCUT2D eigenvalue weighted by Crippen LogP contribution is -2.26. The fourth-order valence-electron chi connectivity index (χ4n) is 3.27. The van der Waals surface area contributed by atoms with E-state index >= 15 is 0 Å². The van der Waals surface area contributed by atoms with E-state index in [1.807, 2.05) is 24.3 Å². The summed E-state index contributed by atoms with van der Waals surface area (Å²) in [7, 11) is 1.76. The van der Waals surface area contributed by atoms with Gasteiger partial charge in [0.05, 0.1) is 5.39 Å². The number of benzene rings is 1. The number of rotatable bonds is 5. The molecule has 1 aromatic carbocycles. The molecule has 6 heteroatoms. The number of aromatic nitrogens is 3. The topological polar surface area (TPSA) is 68.4 Å². The van der Waals surface area contributed by atoms with Gasteiger partial charge in [-0.25, -0.2) is 4.98 Å². The molecule has 0 bridgehead atoms. The fraction of sp³-hybridized carbons (Fsp3) is 0.190. The molecule has 3 aromatic heterocycles. The Balaban J connectivity index is 1.53. The highest BCUT2D eigenvalue weighted by molar-refractivity contribution is 5.98. The molecule has 0 spiro atoms. The summed E-state index contributed by atoms with van der Waals surface area (Å²) in [6, 6.07) is 17.2. The van der Waals surface area contributed by atoms with E-state index in [1.54, 1.807) is 36.0 Å². The van der Waals surface area contributed by atoms with Crippen LogP contribution in [-0.4, -0.2) is 26.4 Å². The van der Waals surface area contributed by atoms with E-state index in [9.17, 15) is 9.59 Å². The predicted molar refractivity (Wildman–Crippen MR) is 105 cm³/mol. The number of hydrogen-bond acceptors (Lipinski definition) is 3. The number of carbonyl (C=O) groups is 1. The standard InChI is InChI=1S/C21H20N4O2/c1-24-17(20(26)22-12-7-10-15-8-3-2-4-9-15)14-16-19(24)23-18-11-5-6-13-25(18)21(16)27/h2-6,8-9,11,13-14H,7,10,12H2,1H3,(H,22,26). The van der Waals surface area contributed by atoms with Crippen molar-refractivity contribution in [3.63, 3.8) is 0 Å². The van der Waals surface area contributed by atoms with E-state index in [1.165, 1.54) is 9.96 Å². The average Bonchev–Trinajstić information content (AvgIpc) is 3.03. The minimum atomic E-state index is -0.197. The lowest BCUT2D eigenvalue weighted by molar-refractivity contribution is 0.0945. The molecule has 0 fully saturated rings. The molecule has 27 heavy (non-hydrogen) atoms. The van der Waals surface area contributed by atoms with Gasteiger partial charge in [-0.1, -0.05) is 36.4 Å². The van der Waals surface area contributed by atoms with Gasteiger partial charge in [0.1, 0.15) is 17.0 Å². The maximum atomic E-state index is 12.7. The predicted octanol–water partition coefficient (Wildman–Crippen LogP) is 2.55. The largest absolute Gasteiger partial charge is 0.351 e. The number of amides is 1. The maximum absolute atomic E-state index is 12.7. The van der Waals surface area contributed by atoms with E-state index in [0.717, 1.165) is 12.8 Å². The first kappa shape index (κ1) is 17.0. The minimum absolute atomic E-state index is 0.172. The second kappa shape index (κ2) is 7.07. The molecular weight excluding hydrogens is 340 g/mol. The van der Waals surface area contributed by atoms with Crippen LogP contribution in [0.4, 0.5) is 0 Å². The molecule has 0 unspecified atom stereocenters. The number of nitrogens with one attached hydrogen (secondary N) is 1. The van der Waals surface area contributed by atoms with Crippen molar-refractivity contribution in [1.82, 2.24) is 19.3 Å². The zero-order valence-corrected chi connectivity index (χ0v) is 15.1. The maximum Gasteiger partial charge on any atom is 0.267 e. The van der Waals surface area contributed by atoms with E-state index in [4.69, 9.17) is 0 Å². The van der Waals surface area contributed by atoms with Crippen molar-refractivity contribution in [2.45, 2.75) is 12.8 Å². The number of carbonyl (C=O) groups excluding carboxylic acids is 1. The van der Waals surface area contributed by atoms with Crippen molar-refractivity contribution in [2.24, 2.45) is 7.05 Å². The molecule has 3 heterocycles. The zero-order chi connectivity index (χ0) is 18.8. The Morgan fingerprint density at radius 1 is 1.11 bits per heavy atom. The monoisotopic (exact) mass is 360 g/mol. The molecule has 0 saturated carbocycles. The Kier molecular flexibility index (Phi) is 4.46. The number of aryl methyl sites for hydroxylation is 2. The van der Waals surface area contributed by atoms with Gasteiger partial charge in [-0.05, 0) is 36.6 Å². The molecule has 0 atom stereocenters. The number of hydrogen-bond donors (Lipinski definition) is 1. The first-order valence-corrected chi connectivity index (χ1v) is 8.94. The quantitative estimate of drug-likeness (QED) is 0.556. The van der Waals surface area contributed by atoms with Crippen LogP contribution in [0.2, 0.25) is 0 Å². The highest BCUT2D eigenvalue weighted by Crippen LogP contribution is 2.14. The minimum Gasteiger partial charge on any atom is -0.351 e. The molecule has 0 aliphatic carbocycles. The van der Waals surface area contributed by atoms with E-state index < -0.39 is 0 Å². The second-order valence-electron chi connectivity index (χ2n) is 6.52. The summed E-state index contributed by atoms with van der Waals surface area (Å²) < 4.78 is 3.17. The van der Waals surface area contributed by atoms with Gasteiger partial charge in [-0.3, -0.25) is 14.0 Å². The van der Waals surface area contributed by atoms with Crippen LogP contribution in [0, 0.1) is 0 Å². The highest BCUT2D eigenvalue weighted by Gasteiger charge is 2.17. The van der Waals surface area contributed by atoms with Crippen LogP contribution >= 0.6 is 0 Å². The summed E-state index contributed by atoms with van der Waals surface area (Å²) >= 11 is 0. The van der Waals surface area contributed by atoms with Crippen molar-refractivity contribution in [3.05, 3.63) is 82.4 Å². The summed E-state index contributed by atoms with van der Waals surface area (Å²) in [6.07, 6.45) is 3.44. The average molecular weight is 360 g/mol. The Morgan fingerprint density at radius 2 is 1.89 bits per heavy atom. The molecule has 136 valence electrons. The number of pyridine rings is 1. The SMILES string of the molecule is Cn1c(C(=O)NCCCc2ccccc2)cc2c(=O)n3ccccc3nc21. The molecule has 0 radical (unpaired) electrons. The normalized spacial score (nSPS) is 11.1. The van der Waals surface area contributed by atoms with Crippen molar-refractivity contribution >= 4 is 22.6 Å². The number of nitrogens with zero attached hydrogens (tertiary/aromatic N) is 3. The molecule has 0 aliphatic heterocycles. The number of fused-ring (bicyclic) bond motifs is 2. The summed E-state index contributed by atoms with van der Waals surface area (Å²) in [4.78, 5) is 29.8. The van der Waals surface area contributed by atoms with Crippen molar-refractivity contribution < 1.29 is 4.79 Å². The third kappa shape index (κ3) is 3.21. The summed E-state index contributed by atoms with van der Waals surface area (Å²) in [6.45, 7) is 0.573. The van der Waals surface area contributed by atoms with E-state index in [0.29, 0.717) is 28.9 Å². The Morgan fingerprint density at radius 3 is 2.70 bits per heavy atom. The van der Waals surface area contributed by atoms with Crippen molar-refractivity contribution in [1.29, 1.82) is 0 Å². The Hall–Kier alpha value is -3.41. The van der Waals surface area contributed by atoms with Crippen LogP contribution in [0.3, 0.4) is 0 Å². The molecule has 0 aliphatic rings.